The van der Waals surface area contributed by atoms with Gasteiger partial charge in [0.05, 0.1) is 19.3 Å². The second-order valence-corrected chi connectivity index (χ2v) is 7.41. The van der Waals surface area contributed by atoms with Crippen molar-refractivity contribution < 1.29 is 32.6 Å². The fraction of sp³-hybridized carbons (Fsp3) is 0.500. The summed E-state index contributed by atoms with van der Waals surface area (Å²) in [7, 11) is -2.95. The Morgan fingerprint density at radius 2 is 1.92 bits per heavy atom. The van der Waals surface area contributed by atoms with Gasteiger partial charge in [-0.3, -0.25) is 4.79 Å². The van der Waals surface area contributed by atoms with Crippen LogP contribution in [0.25, 0.3) is 0 Å². The van der Waals surface area contributed by atoms with E-state index in [-0.39, 0.29) is 35.2 Å². The van der Waals surface area contributed by atoms with Crippen molar-refractivity contribution in [1.29, 1.82) is 0 Å². The molecule has 0 bridgehead atoms. The number of benzene rings is 1. The second kappa shape index (κ2) is 8.82. The summed E-state index contributed by atoms with van der Waals surface area (Å²) in [6, 6.07) is 2.51. The van der Waals surface area contributed by atoms with Crippen molar-refractivity contribution >= 4 is 22.0 Å². The van der Waals surface area contributed by atoms with Crippen LogP contribution in [0.15, 0.2) is 23.1 Å². The van der Waals surface area contributed by atoms with Gasteiger partial charge in [-0.05, 0) is 37.5 Å². The van der Waals surface area contributed by atoms with Gasteiger partial charge in [0, 0.05) is 0 Å². The number of ether oxygens (including phenoxy) is 2. The van der Waals surface area contributed by atoms with E-state index in [9.17, 15) is 23.1 Å². The molecule has 140 valence electrons. The van der Waals surface area contributed by atoms with Gasteiger partial charge in [-0.2, -0.15) is 4.72 Å². The molecule has 0 aliphatic rings. The minimum absolute atomic E-state index is 0.00534. The fourth-order valence-corrected chi connectivity index (χ4v) is 3.55. The molecular formula is C16H23NO7S. The Kier molecular flexibility index (Phi) is 7.38. The molecule has 2 N–H and O–H groups in total. The number of esters is 1. The summed E-state index contributed by atoms with van der Waals surface area (Å²) in [5.41, 5.74) is 0.0266. The maximum atomic E-state index is 12.6. The molecule has 0 spiro atoms. The van der Waals surface area contributed by atoms with Crippen molar-refractivity contribution in [2.24, 2.45) is 5.92 Å². The number of methoxy groups -OCH3 is 1. The number of rotatable bonds is 9. The van der Waals surface area contributed by atoms with E-state index in [0.717, 1.165) is 6.07 Å². The van der Waals surface area contributed by atoms with E-state index in [1.165, 1.54) is 19.2 Å². The first-order chi connectivity index (χ1) is 11.6. The highest BCUT2D eigenvalue weighted by Crippen LogP contribution is 2.26. The average Bonchev–Trinajstić information content (AvgIpc) is 2.53. The molecule has 1 aromatic carbocycles. The largest absolute Gasteiger partial charge is 0.495 e. The van der Waals surface area contributed by atoms with Crippen LogP contribution >= 0.6 is 0 Å². The summed E-state index contributed by atoms with van der Waals surface area (Å²) in [6.07, 6.45) is 0.119. The Hall–Kier alpha value is -2.13. The number of nitrogens with one attached hydrogen (secondary N) is 1. The number of carboxylic acids is 1. The van der Waals surface area contributed by atoms with Crippen LogP contribution in [0.1, 0.15) is 37.6 Å². The summed E-state index contributed by atoms with van der Waals surface area (Å²) in [6.45, 7) is 5.34. The van der Waals surface area contributed by atoms with Crippen LogP contribution in [-0.2, 0) is 19.6 Å². The quantitative estimate of drug-likeness (QED) is 0.632. The Balaban J connectivity index is 3.27. The normalized spacial score (nSPS) is 12.7. The predicted octanol–water partition coefficient (Wildman–Crippen LogP) is 1.65. The van der Waals surface area contributed by atoms with Crippen LogP contribution in [0.3, 0.4) is 0 Å². The molecule has 0 fully saturated rings. The van der Waals surface area contributed by atoms with Crippen LogP contribution in [0.5, 0.6) is 5.75 Å². The third-order valence-electron chi connectivity index (χ3n) is 3.27. The molecule has 25 heavy (non-hydrogen) atoms. The fourth-order valence-electron chi connectivity index (χ4n) is 2.15. The third-order valence-corrected chi connectivity index (χ3v) is 4.76. The van der Waals surface area contributed by atoms with Crippen molar-refractivity contribution in [1.82, 2.24) is 4.72 Å². The van der Waals surface area contributed by atoms with Crippen molar-refractivity contribution in [3.05, 3.63) is 23.8 Å². The van der Waals surface area contributed by atoms with Crippen LogP contribution in [-0.4, -0.2) is 45.2 Å². The first kappa shape index (κ1) is 20.9. The van der Waals surface area contributed by atoms with E-state index < -0.39 is 28.0 Å². The van der Waals surface area contributed by atoms with Gasteiger partial charge in [0.2, 0.25) is 10.0 Å². The third kappa shape index (κ3) is 5.71. The lowest BCUT2D eigenvalue weighted by molar-refractivity contribution is -0.139. The number of carbonyl (C=O) groups is 2. The van der Waals surface area contributed by atoms with Gasteiger partial charge >= 0.3 is 11.9 Å². The number of carbonyl (C=O) groups excluding carboxylic acids is 1. The van der Waals surface area contributed by atoms with Gasteiger partial charge in [0.1, 0.15) is 16.7 Å². The topological polar surface area (TPSA) is 119 Å². The standard InChI is InChI=1S/C16H23NO7S/c1-5-24-16(20)11-6-7-13(23-4)14(9-11)25(21,22)17-12(15(18)19)8-10(2)3/h6-7,9-10,12,17H,5,8H2,1-4H3,(H,18,19)/t12-/m0/s1. The lowest BCUT2D eigenvalue weighted by Gasteiger charge is -2.18. The highest BCUT2D eigenvalue weighted by molar-refractivity contribution is 7.89. The molecule has 1 rings (SSSR count). The molecule has 0 heterocycles. The molecule has 0 radical (unpaired) electrons. The van der Waals surface area contributed by atoms with Crippen molar-refractivity contribution in [2.75, 3.05) is 13.7 Å². The predicted molar refractivity (Wildman–Crippen MR) is 90.2 cm³/mol. The van der Waals surface area contributed by atoms with Crippen LogP contribution in [0, 0.1) is 5.92 Å². The van der Waals surface area contributed by atoms with Crippen LogP contribution in [0.4, 0.5) is 0 Å². The highest BCUT2D eigenvalue weighted by atomic mass is 32.2. The Morgan fingerprint density at radius 3 is 2.40 bits per heavy atom. The van der Waals surface area contributed by atoms with E-state index in [4.69, 9.17) is 9.47 Å². The summed E-state index contributed by atoms with van der Waals surface area (Å²) in [5, 5.41) is 9.24. The zero-order valence-electron chi connectivity index (χ0n) is 14.6. The molecule has 1 atom stereocenters. The van der Waals surface area contributed by atoms with Crippen molar-refractivity contribution in [3.63, 3.8) is 0 Å². The first-order valence-corrected chi connectivity index (χ1v) is 9.21. The molecule has 0 aliphatic carbocycles. The zero-order valence-corrected chi connectivity index (χ0v) is 15.4. The molecule has 0 saturated carbocycles. The molecule has 0 amide bonds. The number of aliphatic carboxylic acids is 1. The van der Waals surface area contributed by atoms with E-state index in [1.807, 2.05) is 0 Å². The molecule has 0 saturated heterocycles. The zero-order chi connectivity index (χ0) is 19.2. The Bertz CT molecular complexity index is 728. The first-order valence-electron chi connectivity index (χ1n) is 7.72. The van der Waals surface area contributed by atoms with Crippen LogP contribution in [0.2, 0.25) is 0 Å². The maximum absolute atomic E-state index is 12.6. The van der Waals surface area contributed by atoms with Crippen molar-refractivity contribution in [3.8, 4) is 5.75 Å². The minimum atomic E-state index is -4.23. The van der Waals surface area contributed by atoms with Crippen molar-refractivity contribution in [2.45, 2.75) is 38.1 Å². The van der Waals surface area contributed by atoms with Gasteiger partial charge in [0.25, 0.3) is 0 Å². The van der Waals surface area contributed by atoms with E-state index >= 15 is 0 Å². The molecule has 0 aliphatic heterocycles. The smallest absolute Gasteiger partial charge is 0.338 e. The Morgan fingerprint density at radius 1 is 1.28 bits per heavy atom. The summed E-state index contributed by atoms with van der Waals surface area (Å²) in [5.74, 6) is -2.00. The average molecular weight is 373 g/mol. The highest BCUT2D eigenvalue weighted by Gasteiger charge is 2.29. The molecule has 9 heteroatoms. The van der Waals surface area contributed by atoms with Gasteiger partial charge in [0.15, 0.2) is 0 Å². The molecule has 0 aromatic heterocycles. The lowest BCUT2D eigenvalue weighted by Crippen LogP contribution is -2.41. The molecule has 8 nitrogen and oxygen atoms in total. The van der Waals surface area contributed by atoms with Crippen LogP contribution < -0.4 is 9.46 Å². The molecule has 0 unspecified atom stereocenters. The summed E-state index contributed by atoms with van der Waals surface area (Å²) < 4.78 is 37.3. The summed E-state index contributed by atoms with van der Waals surface area (Å²) in [4.78, 5) is 22.8. The van der Waals surface area contributed by atoms with E-state index in [1.54, 1.807) is 20.8 Å². The Labute approximate surface area is 147 Å². The van der Waals surface area contributed by atoms with Gasteiger partial charge in [-0.15, -0.1) is 0 Å². The second-order valence-electron chi connectivity index (χ2n) is 5.73. The molecular weight excluding hydrogens is 350 g/mol. The number of hydrogen-bond acceptors (Lipinski definition) is 6. The SMILES string of the molecule is CCOC(=O)c1ccc(OC)c(S(=O)(=O)N[C@@H](CC(C)C)C(=O)O)c1. The lowest BCUT2D eigenvalue weighted by atomic mass is 10.1. The number of carboxylic acid groups (broad SMARTS) is 1. The minimum Gasteiger partial charge on any atom is -0.495 e. The van der Waals surface area contributed by atoms with Gasteiger partial charge in [-0.25, -0.2) is 13.2 Å². The molecule has 1 aromatic rings. The van der Waals surface area contributed by atoms with Gasteiger partial charge < -0.3 is 14.6 Å². The monoisotopic (exact) mass is 373 g/mol. The van der Waals surface area contributed by atoms with E-state index in [2.05, 4.69) is 4.72 Å². The van der Waals surface area contributed by atoms with Gasteiger partial charge in [-0.1, -0.05) is 13.8 Å². The number of sulfonamides is 1. The number of hydrogen-bond donors (Lipinski definition) is 2. The maximum Gasteiger partial charge on any atom is 0.338 e. The summed E-state index contributed by atoms with van der Waals surface area (Å²) >= 11 is 0. The van der Waals surface area contributed by atoms with E-state index in [0.29, 0.717) is 0 Å².